The van der Waals surface area contributed by atoms with Gasteiger partial charge in [-0.05, 0) is 39.2 Å². The fourth-order valence-corrected chi connectivity index (χ4v) is 2.56. The number of hydrogen-bond acceptors (Lipinski definition) is 2. The van der Waals surface area contributed by atoms with Gasteiger partial charge in [-0.1, -0.05) is 19.3 Å². The third kappa shape index (κ3) is 3.84. The molecule has 3 heteroatoms. The van der Waals surface area contributed by atoms with Gasteiger partial charge in [-0.3, -0.25) is 4.68 Å². The van der Waals surface area contributed by atoms with E-state index in [1.165, 1.54) is 44.2 Å². The quantitative estimate of drug-likeness (QED) is 0.849. The summed E-state index contributed by atoms with van der Waals surface area (Å²) in [6.45, 7) is 6.45. The highest BCUT2D eigenvalue weighted by atomic mass is 15.3. The van der Waals surface area contributed by atoms with Crippen molar-refractivity contribution in [3.05, 3.63) is 18.0 Å². The minimum atomic E-state index is 0.460. The zero-order valence-corrected chi connectivity index (χ0v) is 11.2. The Hall–Kier alpha value is -0.830. The van der Waals surface area contributed by atoms with E-state index in [2.05, 4.69) is 30.5 Å². The number of nitrogens with one attached hydrogen (secondary N) is 1. The van der Waals surface area contributed by atoms with Crippen LogP contribution in [0.25, 0.3) is 0 Å². The first-order chi connectivity index (χ1) is 8.25. The van der Waals surface area contributed by atoms with Gasteiger partial charge in [0.05, 0.1) is 6.20 Å². The fraction of sp³-hybridized carbons (Fsp3) is 0.786. The molecule has 1 aromatic rings. The Bertz CT molecular complexity index is 324. The van der Waals surface area contributed by atoms with Crippen molar-refractivity contribution in [2.75, 3.05) is 6.54 Å². The summed E-state index contributed by atoms with van der Waals surface area (Å²) in [7, 11) is 0. The van der Waals surface area contributed by atoms with Gasteiger partial charge in [0, 0.05) is 24.3 Å². The molecule has 0 unspecified atom stereocenters. The molecule has 96 valence electrons. The molecule has 3 nitrogen and oxygen atoms in total. The Morgan fingerprint density at radius 1 is 1.35 bits per heavy atom. The van der Waals surface area contributed by atoms with Crippen molar-refractivity contribution in [2.45, 2.75) is 58.5 Å². The first-order valence-corrected chi connectivity index (χ1v) is 6.99. The third-order valence-electron chi connectivity index (χ3n) is 3.67. The Kier molecular flexibility index (Phi) is 4.60. The smallest absolute Gasteiger partial charge is 0.0534 e. The number of rotatable bonds is 5. The van der Waals surface area contributed by atoms with Gasteiger partial charge in [-0.25, -0.2) is 0 Å². The molecule has 1 aliphatic carbocycles. The molecule has 1 N–H and O–H groups in total. The first kappa shape index (κ1) is 12.6. The largest absolute Gasteiger partial charge is 0.312 e. The normalized spacial score (nSPS) is 17.8. The molecule has 0 aliphatic heterocycles. The molecule has 0 radical (unpaired) electrons. The molecule has 1 aliphatic rings. The summed E-state index contributed by atoms with van der Waals surface area (Å²) in [4.78, 5) is 0. The molecular weight excluding hydrogens is 210 g/mol. The SMILES string of the molecule is CC(C)n1cc(CNCC2CCCCC2)cn1. The van der Waals surface area contributed by atoms with Crippen LogP contribution in [-0.4, -0.2) is 16.3 Å². The lowest BCUT2D eigenvalue weighted by molar-refractivity contribution is 0.342. The minimum absolute atomic E-state index is 0.460. The monoisotopic (exact) mass is 235 g/mol. The van der Waals surface area contributed by atoms with Crippen LogP contribution in [0.1, 0.15) is 57.6 Å². The molecule has 0 bridgehead atoms. The maximum Gasteiger partial charge on any atom is 0.0534 e. The molecule has 1 fully saturated rings. The highest BCUT2D eigenvalue weighted by Crippen LogP contribution is 2.22. The van der Waals surface area contributed by atoms with Crippen molar-refractivity contribution in [1.82, 2.24) is 15.1 Å². The molecule has 0 aromatic carbocycles. The maximum atomic E-state index is 4.36. The molecule has 1 heterocycles. The van der Waals surface area contributed by atoms with Gasteiger partial charge in [0.25, 0.3) is 0 Å². The van der Waals surface area contributed by atoms with Gasteiger partial charge in [0.15, 0.2) is 0 Å². The Morgan fingerprint density at radius 3 is 2.76 bits per heavy atom. The molecular formula is C14H25N3. The van der Waals surface area contributed by atoms with Crippen molar-refractivity contribution in [2.24, 2.45) is 5.92 Å². The summed E-state index contributed by atoms with van der Waals surface area (Å²) in [5.41, 5.74) is 1.30. The average molecular weight is 235 g/mol. The molecule has 2 rings (SSSR count). The van der Waals surface area contributed by atoms with Crippen LogP contribution in [0.2, 0.25) is 0 Å². The summed E-state index contributed by atoms with van der Waals surface area (Å²) < 4.78 is 2.03. The van der Waals surface area contributed by atoms with Crippen LogP contribution in [0.15, 0.2) is 12.4 Å². The van der Waals surface area contributed by atoms with Crippen LogP contribution in [0.4, 0.5) is 0 Å². The van der Waals surface area contributed by atoms with Crippen LogP contribution < -0.4 is 5.32 Å². The number of aromatic nitrogens is 2. The van der Waals surface area contributed by atoms with Gasteiger partial charge >= 0.3 is 0 Å². The van der Waals surface area contributed by atoms with Gasteiger partial charge in [-0.15, -0.1) is 0 Å². The number of hydrogen-bond donors (Lipinski definition) is 1. The third-order valence-corrected chi connectivity index (χ3v) is 3.67. The standard InChI is InChI=1S/C14H25N3/c1-12(2)17-11-14(10-16-17)9-15-8-13-6-4-3-5-7-13/h10-13,15H,3-9H2,1-2H3. The summed E-state index contributed by atoms with van der Waals surface area (Å²) in [5.74, 6) is 0.906. The van der Waals surface area contributed by atoms with Crippen molar-refractivity contribution in [3.63, 3.8) is 0 Å². The van der Waals surface area contributed by atoms with Crippen molar-refractivity contribution in [3.8, 4) is 0 Å². The predicted octanol–water partition coefficient (Wildman–Crippen LogP) is 3.13. The van der Waals surface area contributed by atoms with Crippen molar-refractivity contribution in [1.29, 1.82) is 0 Å². The van der Waals surface area contributed by atoms with E-state index in [0.717, 1.165) is 12.5 Å². The molecule has 17 heavy (non-hydrogen) atoms. The Balaban J connectivity index is 1.70. The topological polar surface area (TPSA) is 29.9 Å². The van der Waals surface area contributed by atoms with Gasteiger partial charge in [0.1, 0.15) is 0 Å². The maximum absolute atomic E-state index is 4.36. The van der Waals surface area contributed by atoms with E-state index in [1.54, 1.807) is 0 Å². The van der Waals surface area contributed by atoms with Crippen molar-refractivity contribution < 1.29 is 0 Å². The Morgan fingerprint density at radius 2 is 2.12 bits per heavy atom. The molecule has 1 saturated carbocycles. The first-order valence-electron chi connectivity index (χ1n) is 6.99. The van der Waals surface area contributed by atoms with E-state index in [-0.39, 0.29) is 0 Å². The molecule has 0 amide bonds. The summed E-state index contributed by atoms with van der Waals surface area (Å²) in [6, 6.07) is 0.460. The molecule has 1 aromatic heterocycles. The second kappa shape index (κ2) is 6.20. The number of nitrogens with zero attached hydrogens (tertiary/aromatic N) is 2. The van der Waals surface area contributed by atoms with Crippen LogP contribution in [0.3, 0.4) is 0 Å². The van der Waals surface area contributed by atoms with Crippen LogP contribution in [-0.2, 0) is 6.54 Å². The van der Waals surface area contributed by atoms with Crippen LogP contribution >= 0.6 is 0 Å². The Labute approximate surface area is 105 Å². The second-order valence-corrected chi connectivity index (χ2v) is 5.56. The van der Waals surface area contributed by atoms with Crippen LogP contribution in [0, 0.1) is 5.92 Å². The molecule has 0 saturated heterocycles. The van der Waals surface area contributed by atoms with Gasteiger partial charge in [-0.2, -0.15) is 5.10 Å². The molecule has 0 spiro atoms. The van der Waals surface area contributed by atoms with Gasteiger partial charge in [0.2, 0.25) is 0 Å². The lowest BCUT2D eigenvalue weighted by Crippen LogP contribution is -2.23. The lowest BCUT2D eigenvalue weighted by Gasteiger charge is -2.21. The summed E-state index contributed by atoms with van der Waals surface area (Å²) >= 11 is 0. The minimum Gasteiger partial charge on any atom is -0.312 e. The zero-order chi connectivity index (χ0) is 12.1. The predicted molar refractivity (Wildman–Crippen MR) is 70.9 cm³/mol. The fourth-order valence-electron chi connectivity index (χ4n) is 2.56. The summed E-state index contributed by atoms with van der Waals surface area (Å²) in [5, 5.41) is 7.93. The second-order valence-electron chi connectivity index (χ2n) is 5.56. The lowest BCUT2D eigenvalue weighted by atomic mass is 9.89. The van der Waals surface area contributed by atoms with E-state index in [0.29, 0.717) is 6.04 Å². The van der Waals surface area contributed by atoms with E-state index >= 15 is 0 Å². The molecule has 0 atom stereocenters. The van der Waals surface area contributed by atoms with Crippen molar-refractivity contribution >= 4 is 0 Å². The zero-order valence-electron chi connectivity index (χ0n) is 11.2. The summed E-state index contributed by atoms with van der Waals surface area (Å²) in [6.07, 6.45) is 11.3. The highest BCUT2D eigenvalue weighted by molar-refractivity contribution is 5.03. The highest BCUT2D eigenvalue weighted by Gasteiger charge is 2.12. The van der Waals surface area contributed by atoms with E-state index in [9.17, 15) is 0 Å². The van der Waals surface area contributed by atoms with Crippen LogP contribution in [0.5, 0.6) is 0 Å². The van der Waals surface area contributed by atoms with E-state index in [4.69, 9.17) is 0 Å². The van der Waals surface area contributed by atoms with E-state index in [1.807, 2.05) is 10.9 Å². The average Bonchev–Trinajstić information content (AvgIpc) is 2.79. The van der Waals surface area contributed by atoms with Gasteiger partial charge < -0.3 is 5.32 Å². The van der Waals surface area contributed by atoms with E-state index < -0.39 is 0 Å².